The molecule has 1 saturated heterocycles. The molecule has 3 heterocycles. The number of hydrogen-bond acceptors (Lipinski definition) is 7. The summed E-state index contributed by atoms with van der Waals surface area (Å²) in [7, 11) is 1.48. The summed E-state index contributed by atoms with van der Waals surface area (Å²) in [6.45, 7) is 2.80. The number of fused-ring (bicyclic) bond motifs is 2. The van der Waals surface area contributed by atoms with Crippen molar-refractivity contribution < 1.29 is 9.23 Å². The molecule has 1 aliphatic carbocycles. The Morgan fingerprint density at radius 3 is 2.80 bits per heavy atom. The molecule has 30 heavy (non-hydrogen) atoms. The predicted octanol–water partition coefficient (Wildman–Crippen LogP) is 2.16. The number of nitrogens with zero attached hydrogens (tertiary/aromatic N) is 3. The number of benzene rings is 1. The van der Waals surface area contributed by atoms with Crippen molar-refractivity contribution in [3.05, 3.63) is 38.5 Å². The molecule has 2 unspecified atom stereocenters. The molecule has 2 fully saturated rings. The fourth-order valence-corrected chi connectivity index (χ4v) is 5.29. The zero-order chi connectivity index (χ0) is 21.2. The van der Waals surface area contributed by atoms with Crippen LogP contribution in [0.4, 0.5) is 10.1 Å². The van der Waals surface area contributed by atoms with Crippen LogP contribution in [0, 0.1) is 11.7 Å². The smallest absolute Gasteiger partial charge is 0.271 e. The van der Waals surface area contributed by atoms with Crippen LogP contribution < -0.4 is 21.6 Å². The van der Waals surface area contributed by atoms with Crippen LogP contribution in [0.15, 0.2) is 26.9 Å². The number of aromatic amines is 1. The van der Waals surface area contributed by atoms with Gasteiger partial charge >= 0.3 is 0 Å². The van der Waals surface area contributed by atoms with Gasteiger partial charge in [0, 0.05) is 29.9 Å². The zero-order valence-electron chi connectivity index (χ0n) is 16.6. The van der Waals surface area contributed by atoms with Crippen LogP contribution >= 0.6 is 11.5 Å². The lowest BCUT2D eigenvalue weighted by Gasteiger charge is -2.21. The van der Waals surface area contributed by atoms with E-state index in [1.54, 1.807) is 6.07 Å². The lowest BCUT2D eigenvalue weighted by molar-refractivity contribution is 0.211. The Hall–Kier alpha value is -2.72. The van der Waals surface area contributed by atoms with Gasteiger partial charge in [0.15, 0.2) is 0 Å². The Balaban J connectivity index is 1.72. The Labute approximate surface area is 174 Å². The molecule has 0 bridgehead atoms. The summed E-state index contributed by atoms with van der Waals surface area (Å²) in [5.41, 5.74) is 7.08. The van der Waals surface area contributed by atoms with E-state index < -0.39 is 16.8 Å². The molecule has 1 aliphatic heterocycles. The number of anilines is 1. The van der Waals surface area contributed by atoms with Gasteiger partial charge in [0.1, 0.15) is 23.1 Å². The largest absolute Gasteiger partial charge is 0.399 e. The molecular weight excluding hydrogens is 409 g/mol. The third-order valence-corrected chi connectivity index (χ3v) is 6.87. The number of hydrogen-bond donors (Lipinski definition) is 2. The van der Waals surface area contributed by atoms with Crippen molar-refractivity contribution in [3.8, 4) is 0 Å². The van der Waals surface area contributed by atoms with E-state index in [1.165, 1.54) is 13.2 Å². The van der Waals surface area contributed by atoms with E-state index in [9.17, 15) is 9.59 Å². The summed E-state index contributed by atoms with van der Waals surface area (Å²) in [6.07, 6.45) is 1.93. The Bertz CT molecular complexity index is 1300. The molecule has 0 spiro atoms. The molecule has 1 aromatic carbocycles. The van der Waals surface area contributed by atoms with Crippen LogP contribution in [-0.2, 0) is 4.84 Å². The molecule has 2 aliphatic rings. The van der Waals surface area contributed by atoms with Crippen molar-refractivity contribution in [2.75, 3.05) is 25.1 Å². The second-order valence-electron chi connectivity index (χ2n) is 8.08. The second kappa shape index (κ2) is 6.92. The standard InChI is InChI=1S/C20H22FN5O3S/c1-9(22)12-7-25(8-14(12)23-29-2)16-6-15-11(5-13(16)21)18(27)17-19(28)24-30-20(17)26(15)10-3-4-10/h5-6,9-10,12H,3-4,7-8,22H2,1-2H3,(H,24,28)/b23-14-. The highest BCUT2D eigenvalue weighted by Gasteiger charge is 2.35. The summed E-state index contributed by atoms with van der Waals surface area (Å²) in [5.74, 6) is -0.557. The fourth-order valence-electron chi connectivity index (χ4n) is 4.36. The van der Waals surface area contributed by atoms with Crippen molar-refractivity contribution in [2.45, 2.75) is 31.8 Å². The topological polar surface area (TPSA) is 106 Å². The van der Waals surface area contributed by atoms with Gasteiger partial charge in [-0.15, -0.1) is 0 Å². The number of nitrogens with one attached hydrogen (secondary N) is 1. The number of H-pyrrole nitrogens is 1. The highest BCUT2D eigenvalue weighted by atomic mass is 32.1. The molecule has 1 saturated carbocycles. The minimum atomic E-state index is -0.505. The van der Waals surface area contributed by atoms with Gasteiger partial charge in [0.2, 0.25) is 5.43 Å². The monoisotopic (exact) mass is 431 g/mol. The van der Waals surface area contributed by atoms with Crippen molar-refractivity contribution >= 4 is 44.1 Å². The summed E-state index contributed by atoms with van der Waals surface area (Å²) >= 11 is 1.16. The van der Waals surface area contributed by atoms with Gasteiger partial charge in [-0.25, -0.2) is 4.39 Å². The van der Waals surface area contributed by atoms with E-state index in [0.717, 1.165) is 30.1 Å². The molecule has 2 atom stereocenters. The summed E-state index contributed by atoms with van der Waals surface area (Å²) in [5, 5.41) is 4.43. The molecule has 10 heteroatoms. The van der Waals surface area contributed by atoms with Crippen LogP contribution in [-0.4, -0.2) is 40.9 Å². The number of halogens is 1. The van der Waals surface area contributed by atoms with Gasteiger partial charge in [-0.3, -0.25) is 14.0 Å². The number of rotatable bonds is 4. The fraction of sp³-hybridized carbons (Fsp3) is 0.450. The van der Waals surface area contributed by atoms with Crippen LogP contribution in [0.5, 0.6) is 0 Å². The van der Waals surface area contributed by atoms with Gasteiger partial charge in [-0.05, 0) is 43.4 Å². The van der Waals surface area contributed by atoms with Crippen molar-refractivity contribution in [1.82, 2.24) is 8.94 Å². The highest BCUT2D eigenvalue weighted by molar-refractivity contribution is 7.12. The third kappa shape index (κ3) is 2.85. The van der Waals surface area contributed by atoms with Crippen molar-refractivity contribution in [2.24, 2.45) is 16.8 Å². The first kappa shape index (κ1) is 19.3. The van der Waals surface area contributed by atoms with E-state index in [0.29, 0.717) is 29.1 Å². The number of nitrogens with two attached hydrogens (primary N) is 1. The highest BCUT2D eigenvalue weighted by Crippen LogP contribution is 2.41. The third-order valence-electron chi connectivity index (χ3n) is 5.99. The first-order valence-electron chi connectivity index (χ1n) is 9.90. The van der Waals surface area contributed by atoms with Crippen LogP contribution in [0.3, 0.4) is 0 Å². The molecular formula is C20H22FN5O3S. The normalized spacial score (nSPS) is 21.8. The minimum absolute atomic E-state index is 0.0527. The first-order valence-corrected chi connectivity index (χ1v) is 10.7. The maximum absolute atomic E-state index is 15.2. The van der Waals surface area contributed by atoms with E-state index >= 15 is 4.39 Å². The van der Waals surface area contributed by atoms with E-state index in [2.05, 4.69) is 9.53 Å². The van der Waals surface area contributed by atoms with Crippen LogP contribution in [0.1, 0.15) is 25.8 Å². The lowest BCUT2D eigenvalue weighted by atomic mass is 10.00. The average molecular weight is 431 g/mol. The second-order valence-corrected chi connectivity index (χ2v) is 8.87. The first-order chi connectivity index (χ1) is 14.4. The molecule has 5 rings (SSSR count). The average Bonchev–Trinajstić information content (AvgIpc) is 3.33. The number of pyridine rings is 1. The van der Waals surface area contributed by atoms with E-state index in [4.69, 9.17) is 10.6 Å². The lowest BCUT2D eigenvalue weighted by Crippen LogP contribution is -2.33. The summed E-state index contributed by atoms with van der Waals surface area (Å²) < 4.78 is 19.9. The molecule has 0 amide bonds. The number of oxime groups is 1. The Morgan fingerprint density at radius 1 is 1.37 bits per heavy atom. The van der Waals surface area contributed by atoms with Gasteiger partial charge < -0.3 is 20.0 Å². The summed E-state index contributed by atoms with van der Waals surface area (Å²) in [6, 6.07) is 3.03. The quantitative estimate of drug-likeness (QED) is 0.616. The maximum atomic E-state index is 15.2. The maximum Gasteiger partial charge on any atom is 0.271 e. The van der Waals surface area contributed by atoms with E-state index in [-0.39, 0.29) is 28.8 Å². The number of aromatic nitrogens is 2. The minimum Gasteiger partial charge on any atom is -0.399 e. The molecule has 158 valence electrons. The predicted molar refractivity (Wildman–Crippen MR) is 116 cm³/mol. The van der Waals surface area contributed by atoms with Gasteiger partial charge in [0.25, 0.3) is 5.56 Å². The Morgan fingerprint density at radius 2 is 2.13 bits per heavy atom. The van der Waals surface area contributed by atoms with E-state index in [1.807, 2.05) is 16.4 Å². The SMILES string of the molecule is CO/N=C1/CN(c2cc3c(cc2F)c(=O)c2c(=O)[nH]sc2n3C2CC2)CC1C(C)N. The van der Waals surface area contributed by atoms with Crippen molar-refractivity contribution in [3.63, 3.8) is 0 Å². The molecule has 2 aromatic heterocycles. The Kier molecular flexibility index (Phi) is 4.44. The van der Waals surface area contributed by atoms with Gasteiger partial charge in [-0.1, -0.05) is 5.16 Å². The van der Waals surface area contributed by atoms with Crippen LogP contribution in [0.25, 0.3) is 21.1 Å². The summed E-state index contributed by atoms with van der Waals surface area (Å²) in [4.78, 5) is 32.6. The molecule has 3 aromatic rings. The van der Waals surface area contributed by atoms with Crippen molar-refractivity contribution in [1.29, 1.82) is 0 Å². The molecule has 8 nitrogen and oxygen atoms in total. The zero-order valence-corrected chi connectivity index (χ0v) is 17.5. The van der Waals surface area contributed by atoms with Crippen LogP contribution in [0.2, 0.25) is 0 Å². The van der Waals surface area contributed by atoms with Gasteiger partial charge in [-0.2, -0.15) is 0 Å². The van der Waals surface area contributed by atoms with Gasteiger partial charge in [0.05, 0.1) is 23.5 Å². The molecule has 0 radical (unpaired) electrons. The molecule has 3 N–H and O–H groups in total.